The van der Waals surface area contributed by atoms with Crippen LogP contribution in [0.25, 0.3) is 0 Å². The summed E-state index contributed by atoms with van der Waals surface area (Å²) in [6, 6.07) is 5.46. The average Bonchev–Trinajstić information content (AvgIpc) is 2.28. The molecule has 0 radical (unpaired) electrons. The van der Waals surface area contributed by atoms with E-state index in [1.807, 2.05) is 19.1 Å². The van der Waals surface area contributed by atoms with Gasteiger partial charge < -0.3 is 9.84 Å². The van der Waals surface area contributed by atoms with Gasteiger partial charge in [-0.05, 0) is 25.0 Å². The van der Waals surface area contributed by atoms with E-state index in [2.05, 4.69) is 6.92 Å². The zero-order chi connectivity index (χ0) is 11.8. The smallest absolute Gasteiger partial charge is 0.122 e. The van der Waals surface area contributed by atoms with Crippen molar-refractivity contribution in [1.82, 2.24) is 0 Å². The molecule has 90 valence electrons. The molecule has 2 nitrogen and oxygen atoms in total. The molecule has 1 aromatic carbocycles. The van der Waals surface area contributed by atoms with Crippen molar-refractivity contribution in [1.29, 1.82) is 0 Å². The zero-order valence-electron chi connectivity index (χ0n) is 10.3. The van der Waals surface area contributed by atoms with Crippen molar-refractivity contribution < 1.29 is 9.84 Å². The summed E-state index contributed by atoms with van der Waals surface area (Å²) in [5.41, 5.74) is 0.885. The summed E-state index contributed by atoms with van der Waals surface area (Å²) in [6.07, 6.45) is 6.19. The Morgan fingerprint density at radius 2 is 1.88 bits per heavy atom. The van der Waals surface area contributed by atoms with Crippen LogP contribution in [0.4, 0.5) is 0 Å². The molecule has 2 heteroatoms. The lowest BCUT2D eigenvalue weighted by atomic mass is 10.2. The predicted octanol–water partition coefficient (Wildman–Crippen LogP) is 4.05. The number of phenolic OH excluding ortho intramolecular Hbond substituents is 1. The largest absolute Gasteiger partial charge is 0.508 e. The van der Waals surface area contributed by atoms with Crippen LogP contribution in [0.15, 0.2) is 18.2 Å². The Bertz CT molecular complexity index is 308. The van der Waals surface area contributed by atoms with Crippen LogP contribution in [0.2, 0.25) is 0 Å². The summed E-state index contributed by atoms with van der Waals surface area (Å²) >= 11 is 0. The second-order valence-corrected chi connectivity index (χ2v) is 4.21. The monoisotopic (exact) mass is 222 g/mol. The number of hydrogen-bond donors (Lipinski definition) is 1. The number of benzene rings is 1. The maximum Gasteiger partial charge on any atom is 0.122 e. The third-order valence-corrected chi connectivity index (χ3v) is 2.70. The first kappa shape index (κ1) is 12.9. The third kappa shape index (κ3) is 4.56. The van der Waals surface area contributed by atoms with Gasteiger partial charge in [-0.15, -0.1) is 0 Å². The highest BCUT2D eigenvalue weighted by molar-refractivity contribution is 5.38. The molecule has 0 saturated carbocycles. The van der Waals surface area contributed by atoms with E-state index in [0.717, 1.165) is 24.3 Å². The number of ether oxygens (including phenoxy) is 1. The lowest BCUT2D eigenvalue weighted by Gasteiger charge is -2.07. The Kier molecular flexibility index (Phi) is 5.76. The van der Waals surface area contributed by atoms with Gasteiger partial charge >= 0.3 is 0 Å². The number of rotatable bonds is 7. The van der Waals surface area contributed by atoms with Crippen LogP contribution < -0.4 is 4.74 Å². The number of hydrogen-bond acceptors (Lipinski definition) is 2. The van der Waals surface area contributed by atoms with Crippen molar-refractivity contribution in [3.8, 4) is 11.5 Å². The van der Waals surface area contributed by atoms with E-state index in [-0.39, 0.29) is 0 Å². The van der Waals surface area contributed by atoms with Crippen molar-refractivity contribution in [3.63, 3.8) is 0 Å². The minimum absolute atomic E-state index is 0.309. The molecule has 16 heavy (non-hydrogen) atoms. The van der Waals surface area contributed by atoms with Gasteiger partial charge in [-0.3, -0.25) is 0 Å². The molecule has 1 aromatic rings. The molecule has 1 rings (SSSR count). The molecule has 1 N–H and O–H groups in total. The van der Waals surface area contributed by atoms with Crippen molar-refractivity contribution in [2.45, 2.75) is 46.0 Å². The fourth-order valence-corrected chi connectivity index (χ4v) is 1.57. The molecule has 0 aliphatic rings. The van der Waals surface area contributed by atoms with Crippen molar-refractivity contribution in [3.05, 3.63) is 23.8 Å². The molecule has 0 fully saturated rings. The van der Waals surface area contributed by atoms with Crippen LogP contribution in [0.1, 0.15) is 44.6 Å². The number of unbranched alkanes of at least 4 members (excludes halogenated alkanes) is 4. The summed E-state index contributed by atoms with van der Waals surface area (Å²) in [6.45, 7) is 4.83. The molecule has 0 aromatic heterocycles. The number of aromatic hydroxyl groups is 1. The summed E-state index contributed by atoms with van der Waals surface area (Å²) in [5, 5.41) is 9.49. The van der Waals surface area contributed by atoms with Gasteiger partial charge in [0.25, 0.3) is 0 Å². The summed E-state index contributed by atoms with van der Waals surface area (Å²) in [5.74, 6) is 1.07. The number of phenols is 1. The van der Waals surface area contributed by atoms with E-state index in [1.165, 1.54) is 25.7 Å². The fourth-order valence-electron chi connectivity index (χ4n) is 1.57. The molecule has 0 bridgehead atoms. The first-order valence-electron chi connectivity index (χ1n) is 6.16. The van der Waals surface area contributed by atoms with Crippen molar-refractivity contribution >= 4 is 0 Å². The third-order valence-electron chi connectivity index (χ3n) is 2.70. The van der Waals surface area contributed by atoms with E-state index in [1.54, 1.807) is 6.07 Å². The molecule has 0 saturated heterocycles. The fraction of sp³-hybridized carbons (Fsp3) is 0.571. The van der Waals surface area contributed by atoms with Crippen LogP contribution in [-0.4, -0.2) is 11.7 Å². The Morgan fingerprint density at radius 3 is 2.56 bits per heavy atom. The van der Waals surface area contributed by atoms with Crippen LogP contribution in [0.5, 0.6) is 11.5 Å². The molecular weight excluding hydrogens is 200 g/mol. The van der Waals surface area contributed by atoms with Crippen LogP contribution in [-0.2, 0) is 0 Å². The van der Waals surface area contributed by atoms with Crippen molar-refractivity contribution in [2.75, 3.05) is 6.61 Å². The lowest BCUT2D eigenvalue weighted by Crippen LogP contribution is -1.97. The standard InChI is InChI=1S/C14H22O2/c1-3-4-5-6-7-10-16-13-9-8-12(2)14(15)11-13/h8-9,11,15H,3-7,10H2,1-2H3. The maximum absolute atomic E-state index is 9.49. The molecular formula is C14H22O2. The van der Waals surface area contributed by atoms with E-state index in [0.29, 0.717) is 5.75 Å². The highest BCUT2D eigenvalue weighted by atomic mass is 16.5. The Morgan fingerprint density at radius 1 is 1.12 bits per heavy atom. The van der Waals surface area contributed by atoms with E-state index in [9.17, 15) is 5.11 Å². The summed E-state index contributed by atoms with van der Waals surface area (Å²) < 4.78 is 5.56. The zero-order valence-corrected chi connectivity index (χ0v) is 10.3. The van der Waals surface area contributed by atoms with Crippen LogP contribution in [0.3, 0.4) is 0 Å². The quantitative estimate of drug-likeness (QED) is 0.705. The Labute approximate surface area is 98.3 Å². The SMILES string of the molecule is CCCCCCCOc1ccc(C)c(O)c1. The number of aryl methyl sites for hydroxylation is 1. The van der Waals surface area contributed by atoms with Gasteiger partial charge in [0.05, 0.1) is 6.61 Å². The van der Waals surface area contributed by atoms with Gasteiger partial charge in [0.1, 0.15) is 11.5 Å². The maximum atomic E-state index is 9.49. The predicted molar refractivity (Wildman–Crippen MR) is 67.1 cm³/mol. The van der Waals surface area contributed by atoms with Crippen molar-refractivity contribution in [2.24, 2.45) is 0 Å². The van der Waals surface area contributed by atoms with Gasteiger partial charge in [0.15, 0.2) is 0 Å². The first-order valence-corrected chi connectivity index (χ1v) is 6.16. The Hall–Kier alpha value is -1.18. The molecule has 0 heterocycles. The van der Waals surface area contributed by atoms with Gasteiger partial charge in [-0.25, -0.2) is 0 Å². The minimum Gasteiger partial charge on any atom is -0.508 e. The van der Waals surface area contributed by atoms with Crippen LogP contribution >= 0.6 is 0 Å². The molecule has 0 atom stereocenters. The Balaban J connectivity index is 2.19. The minimum atomic E-state index is 0.309. The van der Waals surface area contributed by atoms with Gasteiger partial charge in [-0.2, -0.15) is 0 Å². The normalized spacial score (nSPS) is 10.4. The first-order chi connectivity index (χ1) is 7.74. The second kappa shape index (κ2) is 7.15. The van der Waals surface area contributed by atoms with Gasteiger partial charge in [-0.1, -0.05) is 38.7 Å². The van der Waals surface area contributed by atoms with Gasteiger partial charge in [0, 0.05) is 6.07 Å². The molecule has 0 amide bonds. The van der Waals surface area contributed by atoms with Gasteiger partial charge in [0.2, 0.25) is 0 Å². The topological polar surface area (TPSA) is 29.5 Å². The van der Waals surface area contributed by atoms with Crippen LogP contribution in [0, 0.1) is 6.92 Å². The van der Waals surface area contributed by atoms with E-state index < -0.39 is 0 Å². The van der Waals surface area contributed by atoms with E-state index >= 15 is 0 Å². The molecule has 0 spiro atoms. The molecule has 0 unspecified atom stereocenters. The second-order valence-electron chi connectivity index (χ2n) is 4.21. The summed E-state index contributed by atoms with van der Waals surface area (Å²) in [7, 11) is 0. The highest BCUT2D eigenvalue weighted by Crippen LogP contribution is 2.22. The summed E-state index contributed by atoms with van der Waals surface area (Å²) in [4.78, 5) is 0. The molecule has 0 aliphatic carbocycles. The average molecular weight is 222 g/mol. The van der Waals surface area contributed by atoms with E-state index in [4.69, 9.17) is 4.74 Å². The molecule has 0 aliphatic heterocycles. The lowest BCUT2D eigenvalue weighted by molar-refractivity contribution is 0.303. The highest BCUT2D eigenvalue weighted by Gasteiger charge is 1.98.